The van der Waals surface area contributed by atoms with Crippen molar-refractivity contribution in [2.24, 2.45) is 0 Å². The Bertz CT molecular complexity index is 193. The third-order valence-electron chi connectivity index (χ3n) is 1.35. The molecule has 1 rings (SSSR count). The first-order valence-electron chi connectivity index (χ1n) is 3.27. The van der Waals surface area contributed by atoms with Crippen LogP contribution < -0.4 is 0 Å². The standard InChI is InChI=1S/C8H10FP/c9-8-3-1-7(2-4-8)5-6-10/h1-4H,5-6,10H2. The minimum absolute atomic E-state index is 0.160. The van der Waals surface area contributed by atoms with Crippen molar-refractivity contribution >= 4 is 9.24 Å². The zero-order chi connectivity index (χ0) is 7.40. The Balaban J connectivity index is 2.69. The van der Waals surface area contributed by atoms with Crippen LogP contribution in [0.4, 0.5) is 4.39 Å². The highest BCUT2D eigenvalue weighted by molar-refractivity contribution is 7.16. The van der Waals surface area contributed by atoms with E-state index >= 15 is 0 Å². The Morgan fingerprint density at radius 3 is 2.30 bits per heavy atom. The SMILES string of the molecule is Fc1ccc(CCP)cc1. The van der Waals surface area contributed by atoms with Gasteiger partial charge in [-0.15, -0.1) is 9.24 Å². The quantitative estimate of drug-likeness (QED) is 0.576. The molecule has 1 aromatic carbocycles. The van der Waals surface area contributed by atoms with Crippen LogP contribution in [0, 0.1) is 5.82 Å². The average Bonchev–Trinajstić information content (AvgIpc) is 1.95. The summed E-state index contributed by atoms with van der Waals surface area (Å²) in [5.74, 6) is -0.160. The third-order valence-corrected chi connectivity index (χ3v) is 1.63. The largest absolute Gasteiger partial charge is 0.207 e. The van der Waals surface area contributed by atoms with E-state index < -0.39 is 0 Å². The average molecular weight is 156 g/mol. The molecule has 54 valence electrons. The van der Waals surface area contributed by atoms with Gasteiger partial charge in [0.1, 0.15) is 5.82 Å². The molecule has 0 radical (unpaired) electrons. The summed E-state index contributed by atoms with van der Waals surface area (Å²) in [5, 5.41) is 0. The highest BCUT2D eigenvalue weighted by Gasteiger charge is 1.90. The maximum absolute atomic E-state index is 12.3. The topological polar surface area (TPSA) is 0 Å². The van der Waals surface area contributed by atoms with Gasteiger partial charge >= 0.3 is 0 Å². The van der Waals surface area contributed by atoms with E-state index in [4.69, 9.17) is 0 Å². The van der Waals surface area contributed by atoms with E-state index in [1.807, 2.05) is 12.1 Å². The van der Waals surface area contributed by atoms with Crippen molar-refractivity contribution in [3.8, 4) is 0 Å². The number of hydrogen-bond acceptors (Lipinski definition) is 0. The Morgan fingerprint density at radius 2 is 1.80 bits per heavy atom. The molecule has 0 bridgehead atoms. The molecule has 1 atom stereocenters. The van der Waals surface area contributed by atoms with E-state index in [1.54, 1.807) is 0 Å². The van der Waals surface area contributed by atoms with Crippen LogP contribution in [0.3, 0.4) is 0 Å². The molecule has 0 N–H and O–H groups in total. The van der Waals surface area contributed by atoms with Crippen LogP contribution in [-0.2, 0) is 6.42 Å². The molecule has 1 unspecified atom stereocenters. The first kappa shape index (κ1) is 7.68. The highest BCUT2D eigenvalue weighted by atomic mass is 31.0. The molecule has 0 spiro atoms. The summed E-state index contributed by atoms with van der Waals surface area (Å²) in [6.45, 7) is 0. The molecule has 0 nitrogen and oxygen atoms in total. The lowest BCUT2D eigenvalue weighted by Crippen LogP contribution is -1.84. The summed E-state index contributed by atoms with van der Waals surface area (Å²) in [6.07, 6.45) is 2.04. The number of rotatable bonds is 2. The van der Waals surface area contributed by atoms with Crippen LogP contribution in [0.2, 0.25) is 0 Å². The van der Waals surface area contributed by atoms with Crippen molar-refractivity contribution in [2.45, 2.75) is 6.42 Å². The summed E-state index contributed by atoms with van der Waals surface area (Å²) in [6, 6.07) is 6.63. The maximum Gasteiger partial charge on any atom is 0.123 e. The third kappa shape index (κ3) is 2.07. The van der Waals surface area contributed by atoms with E-state index in [9.17, 15) is 4.39 Å². The predicted molar refractivity (Wildman–Crippen MR) is 44.7 cm³/mol. The molecule has 0 fully saturated rings. The molecule has 2 heteroatoms. The van der Waals surface area contributed by atoms with Crippen LogP contribution in [0.5, 0.6) is 0 Å². The second-order valence-corrected chi connectivity index (χ2v) is 2.74. The van der Waals surface area contributed by atoms with Gasteiger partial charge in [0.05, 0.1) is 0 Å². The Labute approximate surface area is 62.7 Å². The van der Waals surface area contributed by atoms with Gasteiger partial charge < -0.3 is 0 Å². The van der Waals surface area contributed by atoms with E-state index in [2.05, 4.69) is 9.24 Å². The molecule has 1 aromatic rings. The van der Waals surface area contributed by atoms with Gasteiger partial charge in [0.25, 0.3) is 0 Å². The maximum atomic E-state index is 12.3. The van der Waals surface area contributed by atoms with E-state index in [0.29, 0.717) is 0 Å². The molecule has 0 aromatic heterocycles. The number of aryl methyl sites for hydroxylation is 1. The predicted octanol–water partition coefficient (Wildman–Crippen LogP) is 2.24. The van der Waals surface area contributed by atoms with Crippen molar-refractivity contribution in [2.75, 3.05) is 6.16 Å². The van der Waals surface area contributed by atoms with Gasteiger partial charge in [-0.05, 0) is 30.3 Å². The van der Waals surface area contributed by atoms with E-state index in [-0.39, 0.29) is 5.82 Å². The summed E-state index contributed by atoms with van der Waals surface area (Å²) in [5.41, 5.74) is 1.19. The van der Waals surface area contributed by atoms with Crippen molar-refractivity contribution in [1.82, 2.24) is 0 Å². The van der Waals surface area contributed by atoms with E-state index in [1.165, 1.54) is 17.7 Å². The minimum Gasteiger partial charge on any atom is -0.207 e. The first-order chi connectivity index (χ1) is 4.83. The molecular weight excluding hydrogens is 146 g/mol. The smallest absolute Gasteiger partial charge is 0.123 e. The van der Waals surface area contributed by atoms with Crippen LogP contribution >= 0.6 is 9.24 Å². The lowest BCUT2D eigenvalue weighted by atomic mass is 10.2. The molecule has 0 saturated carbocycles. The minimum atomic E-state index is -0.160. The fourth-order valence-corrected chi connectivity index (χ4v) is 1.15. The van der Waals surface area contributed by atoms with Gasteiger partial charge in [0.15, 0.2) is 0 Å². The fourth-order valence-electron chi connectivity index (χ4n) is 0.818. The van der Waals surface area contributed by atoms with Crippen molar-refractivity contribution in [1.29, 1.82) is 0 Å². The van der Waals surface area contributed by atoms with Gasteiger partial charge in [-0.1, -0.05) is 12.1 Å². The summed E-state index contributed by atoms with van der Waals surface area (Å²) < 4.78 is 12.3. The molecule has 0 aliphatic carbocycles. The van der Waals surface area contributed by atoms with Gasteiger partial charge in [-0.25, -0.2) is 4.39 Å². The lowest BCUT2D eigenvalue weighted by molar-refractivity contribution is 0.627. The zero-order valence-corrected chi connectivity index (χ0v) is 6.83. The normalized spacial score (nSPS) is 9.80. The van der Waals surface area contributed by atoms with Crippen LogP contribution in [0.1, 0.15) is 5.56 Å². The van der Waals surface area contributed by atoms with Crippen molar-refractivity contribution in [3.63, 3.8) is 0 Å². The molecule has 0 aliphatic rings. The van der Waals surface area contributed by atoms with Gasteiger partial charge in [-0.3, -0.25) is 0 Å². The van der Waals surface area contributed by atoms with E-state index in [0.717, 1.165) is 12.6 Å². The van der Waals surface area contributed by atoms with Gasteiger partial charge in [0.2, 0.25) is 0 Å². The molecule has 0 amide bonds. The van der Waals surface area contributed by atoms with Gasteiger partial charge in [-0.2, -0.15) is 0 Å². The molecule has 0 saturated heterocycles. The molecule has 0 heterocycles. The zero-order valence-electron chi connectivity index (χ0n) is 5.68. The Kier molecular flexibility index (Phi) is 2.82. The summed E-state index contributed by atoms with van der Waals surface area (Å²) in [4.78, 5) is 0. The molecule has 0 aliphatic heterocycles. The molecular formula is C8H10FP. The molecule has 10 heavy (non-hydrogen) atoms. The monoisotopic (exact) mass is 156 g/mol. The van der Waals surface area contributed by atoms with Crippen molar-refractivity contribution in [3.05, 3.63) is 35.6 Å². The first-order valence-corrected chi connectivity index (χ1v) is 4.09. The fraction of sp³-hybridized carbons (Fsp3) is 0.250. The summed E-state index contributed by atoms with van der Waals surface area (Å²) in [7, 11) is 2.65. The van der Waals surface area contributed by atoms with Gasteiger partial charge in [0, 0.05) is 0 Å². The second kappa shape index (κ2) is 3.68. The van der Waals surface area contributed by atoms with Crippen LogP contribution in [-0.4, -0.2) is 6.16 Å². The second-order valence-electron chi connectivity index (χ2n) is 2.17. The Morgan fingerprint density at radius 1 is 1.20 bits per heavy atom. The Hall–Kier alpha value is -0.420. The summed E-state index contributed by atoms with van der Waals surface area (Å²) >= 11 is 0. The number of benzene rings is 1. The van der Waals surface area contributed by atoms with Crippen molar-refractivity contribution < 1.29 is 4.39 Å². The lowest BCUT2D eigenvalue weighted by Gasteiger charge is -1.95. The highest BCUT2D eigenvalue weighted by Crippen LogP contribution is 2.04. The van der Waals surface area contributed by atoms with Crippen LogP contribution in [0.15, 0.2) is 24.3 Å². The van der Waals surface area contributed by atoms with Crippen LogP contribution in [0.25, 0.3) is 0 Å². The number of halogens is 1. The number of hydrogen-bond donors (Lipinski definition) is 0.